The predicted octanol–water partition coefficient (Wildman–Crippen LogP) is 2.25. The molecule has 0 aromatic carbocycles. The molecular formula is C16H21N5O2. The Labute approximate surface area is 135 Å². The molecule has 1 atom stereocenters. The molecule has 1 aliphatic heterocycles. The number of rotatable bonds is 4. The van der Waals surface area contributed by atoms with Crippen LogP contribution in [0.4, 0.5) is 4.79 Å². The van der Waals surface area contributed by atoms with Gasteiger partial charge in [-0.1, -0.05) is 6.07 Å². The molecule has 0 unspecified atom stereocenters. The van der Waals surface area contributed by atoms with Crippen molar-refractivity contribution in [2.24, 2.45) is 0 Å². The van der Waals surface area contributed by atoms with E-state index >= 15 is 0 Å². The maximum Gasteiger partial charge on any atom is 0.318 e. The van der Waals surface area contributed by atoms with Gasteiger partial charge in [0.05, 0.1) is 31.6 Å². The highest BCUT2D eigenvalue weighted by Crippen LogP contribution is 2.30. The van der Waals surface area contributed by atoms with Crippen molar-refractivity contribution in [2.75, 3.05) is 13.7 Å². The number of carbonyl (C=O) groups excluding carboxylic acids is 1. The SMILES string of the molecule is COc1cccc(CNC(=O)N2CCCC[C@@H]2c2cn[nH]c2)n1. The summed E-state index contributed by atoms with van der Waals surface area (Å²) in [5.41, 5.74) is 1.83. The van der Waals surface area contributed by atoms with Crippen LogP contribution in [0.3, 0.4) is 0 Å². The number of hydrogen-bond donors (Lipinski definition) is 2. The van der Waals surface area contributed by atoms with E-state index in [0.717, 1.165) is 37.1 Å². The number of ether oxygens (including phenoxy) is 1. The Bertz CT molecular complexity index is 644. The van der Waals surface area contributed by atoms with Gasteiger partial charge in [-0.2, -0.15) is 5.10 Å². The van der Waals surface area contributed by atoms with Crippen LogP contribution in [0, 0.1) is 0 Å². The zero-order valence-corrected chi connectivity index (χ0v) is 13.2. The van der Waals surface area contributed by atoms with E-state index in [1.807, 2.05) is 23.2 Å². The summed E-state index contributed by atoms with van der Waals surface area (Å²) < 4.78 is 5.10. The summed E-state index contributed by atoms with van der Waals surface area (Å²) in [4.78, 5) is 18.7. The molecule has 0 saturated carbocycles. The number of piperidine rings is 1. The number of nitrogens with zero attached hydrogens (tertiary/aromatic N) is 3. The number of likely N-dealkylation sites (tertiary alicyclic amines) is 1. The van der Waals surface area contributed by atoms with Gasteiger partial charge in [0.1, 0.15) is 0 Å². The van der Waals surface area contributed by atoms with Gasteiger partial charge >= 0.3 is 6.03 Å². The number of hydrogen-bond acceptors (Lipinski definition) is 4. The molecule has 1 saturated heterocycles. The number of pyridine rings is 1. The fourth-order valence-corrected chi connectivity index (χ4v) is 2.90. The van der Waals surface area contributed by atoms with E-state index in [2.05, 4.69) is 20.5 Å². The van der Waals surface area contributed by atoms with E-state index in [9.17, 15) is 4.79 Å². The van der Waals surface area contributed by atoms with E-state index in [1.165, 1.54) is 0 Å². The van der Waals surface area contributed by atoms with Gasteiger partial charge in [0.2, 0.25) is 5.88 Å². The molecule has 0 bridgehead atoms. The minimum absolute atomic E-state index is 0.0690. The highest BCUT2D eigenvalue weighted by atomic mass is 16.5. The quantitative estimate of drug-likeness (QED) is 0.906. The largest absolute Gasteiger partial charge is 0.481 e. The minimum Gasteiger partial charge on any atom is -0.481 e. The lowest BCUT2D eigenvalue weighted by Crippen LogP contribution is -2.44. The number of carbonyl (C=O) groups is 1. The third-order valence-electron chi connectivity index (χ3n) is 4.08. The van der Waals surface area contributed by atoms with Crippen LogP contribution in [0.5, 0.6) is 5.88 Å². The fraction of sp³-hybridized carbons (Fsp3) is 0.438. The minimum atomic E-state index is -0.0690. The van der Waals surface area contributed by atoms with Gasteiger partial charge in [-0.3, -0.25) is 5.10 Å². The number of amides is 2. The summed E-state index contributed by atoms with van der Waals surface area (Å²) in [6, 6.07) is 5.53. The molecule has 2 amide bonds. The van der Waals surface area contributed by atoms with Gasteiger partial charge in [-0.25, -0.2) is 9.78 Å². The molecule has 2 aromatic heterocycles. The van der Waals surface area contributed by atoms with Crippen LogP contribution in [-0.2, 0) is 6.54 Å². The Morgan fingerprint density at radius 1 is 1.48 bits per heavy atom. The average Bonchev–Trinajstić information content (AvgIpc) is 3.14. The van der Waals surface area contributed by atoms with E-state index in [4.69, 9.17) is 4.74 Å². The van der Waals surface area contributed by atoms with Gasteiger partial charge in [0.15, 0.2) is 0 Å². The van der Waals surface area contributed by atoms with Gasteiger partial charge in [0.25, 0.3) is 0 Å². The van der Waals surface area contributed by atoms with Crippen LogP contribution in [-0.4, -0.2) is 39.8 Å². The maximum absolute atomic E-state index is 12.6. The van der Waals surface area contributed by atoms with Crippen LogP contribution < -0.4 is 10.1 Å². The van der Waals surface area contributed by atoms with Crippen molar-refractivity contribution >= 4 is 6.03 Å². The standard InChI is InChI=1S/C16H21N5O2/c1-23-15-7-4-5-13(20-15)11-17-16(22)21-8-3-2-6-14(21)12-9-18-19-10-12/h4-5,7,9-10,14H,2-3,6,8,11H2,1H3,(H,17,22)(H,18,19)/t14-/m1/s1. The van der Waals surface area contributed by atoms with Crippen LogP contribution >= 0.6 is 0 Å². The molecule has 7 nitrogen and oxygen atoms in total. The normalized spacial score (nSPS) is 17.8. The Morgan fingerprint density at radius 2 is 2.39 bits per heavy atom. The highest BCUT2D eigenvalue weighted by molar-refractivity contribution is 5.74. The molecule has 122 valence electrons. The Hall–Kier alpha value is -2.57. The lowest BCUT2D eigenvalue weighted by Gasteiger charge is -2.35. The second-order valence-electron chi connectivity index (χ2n) is 5.57. The summed E-state index contributed by atoms with van der Waals surface area (Å²) >= 11 is 0. The summed E-state index contributed by atoms with van der Waals surface area (Å²) in [6.07, 6.45) is 6.76. The van der Waals surface area contributed by atoms with Crippen molar-refractivity contribution in [3.63, 3.8) is 0 Å². The first-order valence-corrected chi connectivity index (χ1v) is 7.81. The van der Waals surface area contributed by atoms with Crippen LogP contribution in [0.25, 0.3) is 0 Å². The maximum atomic E-state index is 12.6. The van der Waals surface area contributed by atoms with Crippen molar-refractivity contribution in [3.8, 4) is 5.88 Å². The highest BCUT2D eigenvalue weighted by Gasteiger charge is 2.28. The van der Waals surface area contributed by atoms with Crippen LogP contribution in [0.15, 0.2) is 30.6 Å². The lowest BCUT2D eigenvalue weighted by atomic mass is 9.98. The lowest BCUT2D eigenvalue weighted by molar-refractivity contribution is 0.151. The third-order valence-corrected chi connectivity index (χ3v) is 4.08. The van der Waals surface area contributed by atoms with E-state index in [0.29, 0.717) is 12.4 Å². The van der Waals surface area contributed by atoms with Gasteiger partial charge in [-0.15, -0.1) is 0 Å². The summed E-state index contributed by atoms with van der Waals surface area (Å²) in [5.74, 6) is 0.547. The molecule has 3 heterocycles. The fourth-order valence-electron chi connectivity index (χ4n) is 2.90. The van der Waals surface area contributed by atoms with E-state index in [1.54, 1.807) is 19.4 Å². The summed E-state index contributed by atoms with van der Waals surface area (Å²) in [5, 5.41) is 9.77. The smallest absolute Gasteiger partial charge is 0.318 e. The van der Waals surface area contributed by atoms with Gasteiger partial charge < -0.3 is 15.0 Å². The first-order chi connectivity index (χ1) is 11.3. The van der Waals surface area contributed by atoms with Crippen LogP contribution in [0.2, 0.25) is 0 Å². The number of methoxy groups -OCH3 is 1. The van der Waals surface area contributed by atoms with E-state index in [-0.39, 0.29) is 12.1 Å². The number of nitrogens with one attached hydrogen (secondary N) is 2. The topological polar surface area (TPSA) is 83.1 Å². The average molecular weight is 315 g/mol. The van der Waals surface area contributed by atoms with Crippen molar-refractivity contribution in [1.29, 1.82) is 0 Å². The molecule has 1 aliphatic rings. The number of aromatic nitrogens is 3. The van der Waals surface area contributed by atoms with E-state index < -0.39 is 0 Å². The van der Waals surface area contributed by atoms with Gasteiger partial charge in [-0.05, 0) is 25.3 Å². The van der Waals surface area contributed by atoms with Crippen molar-refractivity contribution in [3.05, 3.63) is 41.9 Å². The Morgan fingerprint density at radius 3 is 3.17 bits per heavy atom. The Balaban J connectivity index is 1.64. The number of aromatic amines is 1. The number of urea groups is 1. The zero-order valence-electron chi connectivity index (χ0n) is 13.2. The van der Waals surface area contributed by atoms with Crippen LogP contribution in [0.1, 0.15) is 36.6 Å². The second-order valence-corrected chi connectivity index (χ2v) is 5.57. The van der Waals surface area contributed by atoms with Crippen molar-refractivity contribution in [1.82, 2.24) is 25.4 Å². The summed E-state index contributed by atoms with van der Waals surface area (Å²) in [7, 11) is 1.58. The monoisotopic (exact) mass is 315 g/mol. The molecule has 2 aromatic rings. The first-order valence-electron chi connectivity index (χ1n) is 7.81. The predicted molar refractivity (Wildman–Crippen MR) is 84.9 cm³/mol. The molecule has 7 heteroatoms. The molecule has 0 radical (unpaired) electrons. The van der Waals surface area contributed by atoms with Gasteiger partial charge in [0, 0.05) is 24.4 Å². The molecule has 1 fully saturated rings. The van der Waals surface area contributed by atoms with Crippen molar-refractivity contribution in [2.45, 2.75) is 31.8 Å². The molecular weight excluding hydrogens is 294 g/mol. The third kappa shape index (κ3) is 3.61. The molecule has 23 heavy (non-hydrogen) atoms. The first kappa shape index (κ1) is 15.3. The summed E-state index contributed by atoms with van der Waals surface area (Å²) in [6.45, 7) is 1.14. The number of H-pyrrole nitrogens is 1. The Kier molecular flexibility index (Phi) is 4.75. The molecule has 0 aliphatic carbocycles. The van der Waals surface area contributed by atoms with Crippen molar-refractivity contribution < 1.29 is 9.53 Å². The zero-order chi connectivity index (χ0) is 16.1. The molecule has 3 rings (SSSR count). The molecule has 0 spiro atoms. The molecule has 2 N–H and O–H groups in total. The second kappa shape index (κ2) is 7.13.